The standard InChI is InChI=1S/C15H13F3N2O4/c1-8-12(20(21)22)13(24-19-8)11-7-14(11,15(16,17)18)9-4-3-5-10(6-9)23-2/h3-6,11H,7H2,1-2H3/t11-,14-/m1/s1. The molecule has 0 unspecified atom stereocenters. The van der Waals surface area contributed by atoms with Crippen molar-refractivity contribution in [3.63, 3.8) is 0 Å². The summed E-state index contributed by atoms with van der Waals surface area (Å²) < 4.78 is 51.3. The van der Waals surface area contributed by atoms with Gasteiger partial charge in [-0.15, -0.1) is 0 Å². The molecule has 2 aromatic rings. The Kier molecular flexibility index (Phi) is 3.54. The number of benzene rings is 1. The van der Waals surface area contributed by atoms with Gasteiger partial charge in [-0.1, -0.05) is 17.3 Å². The molecule has 24 heavy (non-hydrogen) atoms. The van der Waals surface area contributed by atoms with Crippen LogP contribution in [0.1, 0.15) is 29.4 Å². The molecular formula is C15H13F3N2O4. The second-order valence-electron chi connectivity index (χ2n) is 5.70. The molecule has 0 bridgehead atoms. The number of ether oxygens (including phenoxy) is 1. The second kappa shape index (κ2) is 5.22. The van der Waals surface area contributed by atoms with Gasteiger partial charge >= 0.3 is 11.9 Å². The van der Waals surface area contributed by atoms with Gasteiger partial charge in [0.15, 0.2) is 5.69 Å². The normalized spacial score (nSPS) is 23.1. The van der Waals surface area contributed by atoms with Crippen molar-refractivity contribution in [1.29, 1.82) is 0 Å². The number of nitro groups is 1. The van der Waals surface area contributed by atoms with Gasteiger partial charge in [-0.3, -0.25) is 10.1 Å². The molecule has 0 N–H and O–H groups in total. The molecule has 1 fully saturated rings. The van der Waals surface area contributed by atoms with Gasteiger partial charge in [-0.25, -0.2) is 0 Å². The second-order valence-corrected chi connectivity index (χ2v) is 5.70. The van der Waals surface area contributed by atoms with Gasteiger partial charge in [-0.05, 0) is 31.0 Å². The van der Waals surface area contributed by atoms with E-state index in [1.54, 1.807) is 0 Å². The van der Waals surface area contributed by atoms with Crippen LogP contribution >= 0.6 is 0 Å². The molecule has 128 valence electrons. The maximum Gasteiger partial charge on any atom is 0.399 e. The zero-order valence-electron chi connectivity index (χ0n) is 12.8. The summed E-state index contributed by atoms with van der Waals surface area (Å²) in [5.41, 5.74) is -2.78. The van der Waals surface area contributed by atoms with Gasteiger partial charge in [0, 0.05) is 5.92 Å². The average Bonchev–Trinajstić information content (AvgIpc) is 3.17. The molecule has 1 aliphatic rings. The van der Waals surface area contributed by atoms with E-state index in [0.29, 0.717) is 0 Å². The van der Waals surface area contributed by atoms with E-state index in [1.807, 2.05) is 0 Å². The number of aromatic nitrogens is 1. The van der Waals surface area contributed by atoms with E-state index in [1.165, 1.54) is 38.3 Å². The quantitative estimate of drug-likeness (QED) is 0.622. The highest BCUT2D eigenvalue weighted by atomic mass is 19.4. The molecule has 0 saturated heterocycles. The van der Waals surface area contributed by atoms with Crippen LogP contribution in [0.4, 0.5) is 18.9 Å². The van der Waals surface area contributed by atoms with Gasteiger partial charge in [-0.2, -0.15) is 13.2 Å². The Balaban J connectivity index is 2.11. The van der Waals surface area contributed by atoms with Crippen molar-refractivity contribution in [2.24, 2.45) is 0 Å². The third-order valence-electron chi connectivity index (χ3n) is 4.41. The summed E-state index contributed by atoms with van der Waals surface area (Å²) in [7, 11) is 1.36. The summed E-state index contributed by atoms with van der Waals surface area (Å²) in [6, 6.07) is 5.62. The lowest BCUT2D eigenvalue weighted by Crippen LogP contribution is -2.30. The van der Waals surface area contributed by atoms with Crippen molar-refractivity contribution < 1.29 is 27.4 Å². The largest absolute Gasteiger partial charge is 0.497 e. The number of methoxy groups -OCH3 is 1. The number of nitrogens with zero attached hydrogens (tertiary/aromatic N) is 2. The van der Waals surface area contributed by atoms with E-state index >= 15 is 0 Å². The molecule has 1 saturated carbocycles. The molecule has 0 amide bonds. The highest BCUT2D eigenvalue weighted by Crippen LogP contribution is 2.69. The highest BCUT2D eigenvalue weighted by molar-refractivity contribution is 5.51. The lowest BCUT2D eigenvalue weighted by Gasteiger charge is -2.21. The highest BCUT2D eigenvalue weighted by Gasteiger charge is 2.74. The molecule has 0 spiro atoms. The molecular weight excluding hydrogens is 329 g/mol. The van der Waals surface area contributed by atoms with Crippen LogP contribution in [0.2, 0.25) is 0 Å². The topological polar surface area (TPSA) is 78.4 Å². The molecule has 3 rings (SSSR count). The zero-order valence-corrected chi connectivity index (χ0v) is 12.8. The Hall–Kier alpha value is -2.58. The van der Waals surface area contributed by atoms with Gasteiger partial charge in [0.05, 0.1) is 12.0 Å². The van der Waals surface area contributed by atoms with Gasteiger partial charge in [0.25, 0.3) is 0 Å². The molecule has 1 aromatic heterocycles. The fourth-order valence-electron chi connectivity index (χ4n) is 3.11. The zero-order chi connectivity index (χ0) is 17.7. The smallest absolute Gasteiger partial charge is 0.399 e. The van der Waals surface area contributed by atoms with E-state index < -0.39 is 28.1 Å². The van der Waals surface area contributed by atoms with Gasteiger partial charge in [0.2, 0.25) is 5.76 Å². The van der Waals surface area contributed by atoms with Crippen LogP contribution in [0.3, 0.4) is 0 Å². The first-order valence-corrected chi connectivity index (χ1v) is 7.04. The van der Waals surface area contributed by atoms with Crippen molar-refractivity contribution in [3.05, 3.63) is 51.4 Å². The van der Waals surface area contributed by atoms with Crippen LogP contribution in [-0.2, 0) is 5.41 Å². The molecule has 2 atom stereocenters. The van der Waals surface area contributed by atoms with E-state index in [2.05, 4.69) is 5.16 Å². The first-order chi connectivity index (χ1) is 11.2. The monoisotopic (exact) mass is 342 g/mol. The van der Waals surface area contributed by atoms with Crippen LogP contribution in [0.5, 0.6) is 5.75 Å². The fraction of sp³-hybridized carbons (Fsp3) is 0.400. The Labute approximate surface area is 134 Å². The van der Waals surface area contributed by atoms with Crippen molar-refractivity contribution in [2.45, 2.75) is 30.9 Å². The first kappa shape index (κ1) is 16.3. The number of aryl methyl sites for hydroxylation is 1. The van der Waals surface area contributed by atoms with Crippen LogP contribution in [0.15, 0.2) is 28.8 Å². The SMILES string of the molecule is COc1cccc([C@]2(C(F)(F)F)C[C@@H]2c2onc(C)c2[N+](=O)[O-])c1. The van der Waals surface area contributed by atoms with Crippen LogP contribution < -0.4 is 4.74 Å². The van der Waals surface area contributed by atoms with Crippen LogP contribution in [0.25, 0.3) is 0 Å². The van der Waals surface area contributed by atoms with Gasteiger partial charge in [0.1, 0.15) is 11.2 Å². The molecule has 0 radical (unpaired) electrons. The number of hydrogen-bond donors (Lipinski definition) is 0. The molecule has 6 nitrogen and oxygen atoms in total. The van der Waals surface area contributed by atoms with Crippen molar-refractivity contribution >= 4 is 5.69 Å². The summed E-state index contributed by atoms with van der Waals surface area (Å²) >= 11 is 0. The van der Waals surface area contributed by atoms with Crippen molar-refractivity contribution in [3.8, 4) is 5.75 Å². The third-order valence-corrected chi connectivity index (χ3v) is 4.41. The van der Waals surface area contributed by atoms with Crippen LogP contribution in [-0.4, -0.2) is 23.4 Å². The molecule has 1 aromatic carbocycles. The van der Waals surface area contributed by atoms with Crippen molar-refractivity contribution in [1.82, 2.24) is 5.16 Å². The maximum absolute atomic E-state index is 13.8. The predicted molar refractivity (Wildman–Crippen MR) is 76.0 cm³/mol. The summed E-state index contributed by atoms with van der Waals surface area (Å²) in [5.74, 6) is -1.24. The van der Waals surface area contributed by atoms with E-state index in [-0.39, 0.29) is 29.2 Å². The van der Waals surface area contributed by atoms with Crippen molar-refractivity contribution in [2.75, 3.05) is 7.11 Å². The Morgan fingerprint density at radius 2 is 2.17 bits per heavy atom. The Morgan fingerprint density at radius 1 is 1.46 bits per heavy atom. The number of halogens is 3. The summed E-state index contributed by atoms with van der Waals surface area (Å²) in [6.07, 6.45) is -4.93. The molecule has 0 aliphatic heterocycles. The first-order valence-electron chi connectivity index (χ1n) is 7.04. The number of alkyl halides is 3. The Morgan fingerprint density at radius 3 is 2.75 bits per heavy atom. The minimum atomic E-state index is -4.60. The van der Waals surface area contributed by atoms with E-state index in [9.17, 15) is 23.3 Å². The summed E-state index contributed by atoms with van der Waals surface area (Å²) in [6.45, 7) is 1.33. The molecule has 9 heteroatoms. The van der Waals surface area contributed by atoms with Crippen LogP contribution in [0, 0.1) is 17.0 Å². The fourth-order valence-corrected chi connectivity index (χ4v) is 3.11. The maximum atomic E-state index is 13.8. The lowest BCUT2D eigenvalue weighted by molar-refractivity contribution is -0.386. The Bertz CT molecular complexity index is 802. The third kappa shape index (κ3) is 2.22. The number of hydrogen-bond acceptors (Lipinski definition) is 5. The van der Waals surface area contributed by atoms with E-state index in [0.717, 1.165) is 0 Å². The summed E-state index contributed by atoms with van der Waals surface area (Å²) in [4.78, 5) is 10.4. The molecule has 1 aliphatic carbocycles. The van der Waals surface area contributed by atoms with E-state index in [4.69, 9.17) is 9.26 Å². The minimum absolute atomic E-state index is 0.0114. The predicted octanol–water partition coefficient (Wildman–Crippen LogP) is 3.89. The minimum Gasteiger partial charge on any atom is -0.497 e. The lowest BCUT2D eigenvalue weighted by atomic mass is 9.91. The molecule has 1 heterocycles. The summed E-state index contributed by atoms with van der Waals surface area (Å²) in [5, 5.41) is 14.6. The average molecular weight is 342 g/mol. The number of rotatable bonds is 4. The van der Waals surface area contributed by atoms with Gasteiger partial charge < -0.3 is 9.26 Å².